The van der Waals surface area contributed by atoms with Gasteiger partial charge in [0.05, 0.1) is 29.8 Å². The van der Waals surface area contributed by atoms with E-state index in [1.165, 1.54) is 35.6 Å². The van der Waals surface area contributed by atoms with Crippen LogP contribution in [0.15, 0.2) is 77.6 Å². The van der Waals surface area contributed by atoms with Crippen molar-refractivity contribution in [1.29, 1.82) is 0 Å². The number of non-ortho nitro benzene ring substituents is 1. The van der Waals surface area contributed by atoms with E-state index in [1.54, 1.807) is 6.08 Å². The number of benzene rings is 2. The normalized spacial score (nSPS) is 13.8. The topological polar surface area (TPSA) is 101 Å². The molecule has 0 aliphatic rings. The van der Waals surface area contributed by atoms with Crippen LogP contribution >= 0.6 is 11.3 Å². The molecule has 1 heterocycles. The van der Waals surface area contributed by atoms with E-state index in [0.717, 1.165) is 11.3 Å². The number of hydrogen-bond donors (Lipinski definition) is 2. The fourth-order valence-electron chi connectivity index (χ4n) is 3.06. The van der Waals surface area contributed by atoms with Crippen molar-refractivity contribution >= 4 is 17.0 Å². The van der Waals surface area contributed by atoms with Gasteiger partial charge in [-0.2, -0.15) is 0 Å². The first-order valence-electron chi connectivity index (χ1n) is 8.97. The molecule has 0 fully saturated rings. The fourth-order valence-corrected chi connectivity index (χ4v) is 4.02. The molecule has 0 saturated heterocycles. The van der Waals surface area contributed by atoms with E-state index < -0.39 is 17.1 Å². The van der Waals surface area contributed by atoms with Crippen molar-refractivity contribution in [2.45, 2.75) is 12.1 Å². The average molecular weight is 411 g/mol. The highest BCUT2D eigenvalue weighted by Crippen LogP contribution is 2.31. The van der Waals surface area contributed by atoms with Crippen LogP contribution in [0.2, 0.25) is 0 Å². The van der Waals surface area contributed by atoms with Crippen molar-refractivity contribution < 1.29 is 15.1 Å². The van der Waals surface area contributed by atoms with Crippen LogP contribution in [0, 0.1) is 10.1 Å². The van der Waals surface area contributed by atoms with Crippen molar-refractivity contribution in [3.05, 3.63) is 93.1 Å². The standard InChI is InChI=1S/C21H21N3O4S/c1-2-12-22-21-23(19(14-29-21)15-6-4-3-5-7-15)18(13-25)20(26)16-8-10-17(11-9-16)24(27)28/h2-11,14,18,20,25-26H,1,12-13H2. The number of thiazole rings is 1. The van der Waals surface area contributed by atoms with Crippen LogP contribution in [0.5, 0.6) is 0 Å². The highest BCUT2D eigenvalue weighted by atomic mass is 32.1. The van der Waals surface area contributed by atoms with Gasteiger partial charge in [0.2, 0.25) is 0 Å². The first-order valence-corrected chi connectivity index (χ1v) is 9.85. The number of aliphatic hydroxyl groups excluding tert-OH is 2. The lowest BCUT2D eigenvalue weighted by Gasteiger charge is -2.25. The van der Waals surface area contributed by atoms with Gasteiger partial charge in [-0.15, -0.1) is 17.9 Å². The molecule has 0 amide bonds. The van der Waals surface area contributed by atoms with Gasteiger partial charge in [0.15, 0.2) is 4.80 Å². The van der Waals surface area contributed by atoms with E-state index in [2.05, 4.69) is 11.6 Å². The Balaban J connectivity index is 2.08. The number of hydrogen-bond acceptors (Lipinski definition) is 6. The molecular formula is C21H21N3O4S. The third-order valence-corrected chi connectivity index (χ3v) is 5.37. The molecule has 0 bridgehead atoms. The van der Waals surface area contributed by atoms with Crippen LogP contribution in [0.25, 0.3) is 11.3 Å². The van der Waals surface area contributed by atoms with Crippen LogP contribution in [0.1, 0.15) is 17.7 Å². The maximum absolute atomic E-state index is 11.0. The Morgan fingerprint density at radius 2 is 1.90 bits per heavy atom. The first-order chi connectivity index (χ1) is 14.1. The number of aliphatic hydroxyl groups is 2. The summed E-state index contributed by atoms with van der Waals surface area (Å²) in [6.45, 7) is 3.75. The van der Waals surface area contributed by atoms with Crippen molar-refractivity contribution in [1.82, 2.24) is 4.57 Å². The zero-order valence-corrected chi connectivity index (χ0v) is 16.4. The number of nitro groups is 1. The number of nitrogens with zero attached hydrogens (tertiary/aromatic N) is 3. The summed E-state index contributed by atoms with van der Waals surface area (Å²) in [5.41, 5.74) is 2.16. The van der Waals surface area contributed by atoms with E-state index in [0.29, 0.717) is 16.9 Å². The van der Waals surface area contributed by atoms with Crippen molar-refractivity contribution in [2.24, 2.45) is 4.99 Å². The fraction of sp³-hybridized carbons (Fsp3) is 0.190. The highest BCUT2D eigenvalue weighted by molar-refractivity contribution is 7.07. The number of aromatic nitrogens is 1. The summed E-state index contributed by atoms with van der Waals surface area (Å²) < 4.78 is 1.82. The molecule has 150 valence electrons. The van der Waals surface area contributed by atoms with Gasteiger partial charge in [0.25, 0.3) is 5.69 Å². The lowest BCUT2D eigenvalue weighted by Crippen LogP contribution is -2.29. The van der Waals surface area contributed by atoms with Gasteiger partial charge in [-0.3, -0.25) is 15.1 Å². The Morgan fingerprint density at radius 3 is 2.48 bits per heavy atom. The molecule has 2 unspecified atom stereocenters. The lowest BCUT2D eigenvalue weighted by molar-refractivity contribution is -0.384. The van der Waals surface area contributed by atoms with Gasteiger partial charge in [-0.25, -0.2) is 0 Å². The summed E-state index contributed by atoms with van der Waals surface area (Å²) in [5.74, 6) is 0. The second-order valence-corrected chi connectivity index (χ2v) is 7.15. The zero-order valence-electron chi connectivity index (χ0n) is 15.6. The molecule has 8 heteroatoms. The predicted octanol–water partition coefficient (Wildman–Crippen LogP) is 3.48. The van der Waals surface area contributed by atoms with Crippen LogP contribution in [-0.2, 0) is 0 Å². The minimum absolute atomic E-state index is 0.0590. The van der Waals surface area contributed by atoms with Gasteiger partial charge in [0, 0.05) is 17.5 Å². The summed E-state index contributed by atoms with van der Waals surface area (Å²) in [5, 5.41) is 34.0. The molecule has 1 aromatic heterocycles. The van der Waals surface area contributed by atoms with Crippen LogP contribution < -0.4 is 4.80 Å². The van der Waals surface area contributed by atoms with Crippen LogP contribution in [0.4, 0.5) is 5.69 Å². The predicted molar refractivity (Wildman–Crippen MR) is 113 cm³/mol. The first kappa shape index (κ1) is 20.7. The molecule has 0 saturated carbocycles. The molecule has 7 nitrogen and oxygen atoms in total. The van der Waals surface area contributed by atoms with Gasteiger partial charge >= 0.3 is 0 Å². The molecule has 0 aliphatic carbocycles. The molecule has 2 aromatic carbocycles. The van der Waals surface area contributed by atoms with Gasteiger partial charge in [-0.05, 0) is 23.3 Å². The molecule has 2 N–H and O–H groups in total. The molecule has 3 aromatic rings. The second kappa shape index (κ2) is 9.42. The maximum atomic E-state index is 11.0. The molecule has 29 heavy (non-hydrogen) atoms. The summed E-state index contributed by atoms with van der Waals surface area (Å²) in [4.78, 5) is 15.5. The van der Waals surface area contributed by atoms with Crippen molar-refractivity contribution in [2.75, 3.05) is 13.2 Å². The van der Waals surface area contributed by atoms with E-state index in [9.17, 15) is 20.3 Å². The van der Waals surface area contributed by atoms with Crippen molar-refractivity contribution in [3.63, 3.8) is 0 Å². The van der Waals surface area contributed by atoms with Crippen molar-refractivity contribution in [3.8, 4) is 11.3 Å². The third kappa shape index (κ3) is 4.51. The molecular weight excluding hydrogens is 390 g/mol. The monoisotopic (exact) mass is 411 g/mol. The molecule has 3 rings (SSSR count). The number of nitro benzene ring substituents is 1. The Morgan fingerprint density at radius 1 is 1.21 bits per heavy atom. The van der Waals surface area contributed by atoms with E-state index in [-0.39, 0.29) is 12.3 Å². The summed E-state index contributed by atoms with van der Waals surface area (Å²) in [6.07, 6.45) is 0.591. The Kier molecular flexibility index (Phi) is 6.71. The summed E-state index contributed by atoms with van der Waals surface area (Å²) in [6, 6.07) is 14.6. The zero-order chi connectivity index (χ0) is 20.8. The second-order valence-electron chi connectivity index (χ2n) is 6.31. The average Bonchev–Trinajstić information content (AvgIpc) is 3.17. The largest absolute Gasteiger partial charge is 0.394 e. The smallest absolute Gasteiger partial charge is 0.269 e. The molecule has 0 spiro atoms. The molecule has 2 atom stereocenters. The van der Waals surface area contributed by atoms with Gasteiger partial charge in [0.1, 0.15) is 6.10 Å². The number of rotatable bonds is 8. The van der Waals surface area contributed by atoms with E-state index >= 15 is 0 Å². The molecule has 0 radical (unpaired) electrons. The molecule has 0 aliphatic heterocycles. The Labute approximate surface area is 171 Å². The SMILES string of the molecule is C=CCN=c1scc(-c2ccccc2)n1C(CO)C(O)c1ccc([N+](=O)[O-])cc1. The minimum Gasteiger partial charge on any atom is -0.394 e. The Bertz CT molecular complexity index is 1040. The van der Waals surface area contributed by atoms with E-state index in [4.69, 9.17) is 0 Å². The quantitative estimate of drug-likeness (QED) is 0.337. The summed E-state index contributed by atoms with van der Waals surface area (Å²) in [7, 11) is 0. The lowest BCUT2D eigenvalue weighted by atomic mass is 10.0. The maximum Gasteiger partial charge on any atom is 0.269 e. The van der Waals surface area contributed by atoms with Crippen LogP contribution in [-0.4, -0.2) is 32.9 Å². The van der Waals surface area contributed by atoms with E-state index in [1.807, 2.05) is 40.3 Å². The third-order valence-electron chi connectivity index (χ3n) is 4.50. The van der Waals surface area contributed by atoms with Gasteiger partial charge < -0.3 is 14.8 Å². The highest BCUT2D eigenvalue weighted by Gasteiger charge is 2.26. The van der Waals surface area contributed by atoms with Gasteiger partial charge in [-0.1, -0.05) is 36.4 Å². The summed E-state index contributed by atoms with van der Waals surface area (Å²) >= 11 is 1.41. The Hall–Kier alpha value is -3.07. The van der Waals surface area contributed by atoms with Crippen LogP contribution in [0.3, 0.4) is 0 Å². The minimum atomic E-state index is -1.08.